The molecule has 116 valence electrons. The van der Waals surface area contributed by atoms with Gasteiger partial charge in [0, 0.05) is 19.0 Å². The second-order valence-corrected chi connectivity index (χ2v) is 5.66. The summed E-state index contributed by atoms with van der Waals surface area (Å²) in [5.41, 5.74) is 5.07. The van der Waals surface area contributed by atoms with Gasteiger partial charge in [-0.25, -0.2) is 4.39 Å². The molecule has 0 aliphatic carbocycles. The molecule has 1 amide bonds. The van der Waals surface area contributed by atoms with Gasteiger partial charge in [0.1, 0.15) is 17.7 Å². The molecule has 9 heteroatoms. The van der Waals surface area contributed by atoms with Gasteiger partial charge in [-0.05, 0) is 28.1 Å². The second-order valence-electron chi connectivity index (χ2n) is 4.80. The third kappa shape index (κ3) is 3.03. The average Bonchev–Trinajstić information content (AvgIpc) is 3.11. The Morgan fingerprint density at radius 2 is 2.32 bits per heavy atom. The van der Waals surface area contributed by atoms with E-state index in [-0.39, 0.29) is 23.8 Å². The molecular formula is C13H12BrFN4O3. The first kappa shape index (κ1) is 14.8. The number of primary amides is 1. The molecule has 1 fully saturated rings. The van der Waals surface area contributed by atoms with Gasteiger partial charge in [-0.15, -0.1) is 5.10 Å². The molecule has 0 spiro atoms. The van der Waals surface area contributed by atoms with Crippen molar-refractivity contribution in [2.75, 3.05) is 18.0 Å². The van der Waals surface area contributed by atoms with Crippen LogP contribution in [0.4, 0.5) is 10.4 Å². The Balaban J connectivity index is 1.66. The number of nitrogens with two attached hydrogens (primary N) is 1. The fourth-order valence-corrected chi connectivity index (χ4v) is 2.53. The number of hydrogen-bond acceptors (Lipinski definition) is 6. The molecule has 2 aromatic rings. The highest BCUT2D eigenvalue weighted by molar-refractivity contribution is 9.10. The molecule has 1 aliphatic heterocycles. The molecule has 22 heavy (non-hydrogen) atoms. The van der Waals surface area contributed by atoms with E-state index >= 15 is 0 Å². The number of halogens is 2. The fourth-order valence-electron chi connectivity index (χ4n) is 2.19. The summed E-state index contributed by atoms with van der Waals surface area (Å²) in [6.45, 7) is 1.11. The molecule has 0 bridgehead atoms. The Morgan fingerprint density at radius 1 is 1.50 bits per heavy atom. The number of ether oxygens (including phenoxy) is 1. The minimum absolute atomic E-state index is 0.151. The lowest BCUT2D eigenvalue weighted by Crippen LogP contribution is -2.24. The second kappa shape index (κ2) is 5.91. The van der Waals surface area contributed by atoms with Crippen molar-refractivity contribution in [3.63, 3.8) is 0 Å². The summed E-state index contributed by atoms with van der Waals surface area (Å²) in [7, 11) is 0. The summed E-state index contributed by atoms with van der Waals surface area (Å²) >= 11 is 3.32. The summed E-state index contributed by atoms with van der Waals surface area (Å²) < 4.78 is 24.9. The first-order valence-electron chi connectivity index (χ1n) is 6.53. The van der Waals surface area contributed by atoms with Gasteiger partial charge in [0.15, 0.2) is 0 Å². The lowest BCUT2D eigenvalue weighted by molar-refractivity contribution is 0.0967. The number of carbonyl (C=O) groups is 1. The number of anilines is 1. The maximum Gasteiger partial charge on any atom is 0.318 e. The van der Waals surface area contributed by atoms with Crippen molar-refractivity contribution in [2.24, 2.45) is 5.73 Å². The van der Waals surface area contributed by atoms with Gasteiger partial charge in [-0.3, -0.25) is 4.79 Å². The Labute approximate surface area is 133 Å². The highest BCUT2D eigenvalue weighted by atomic mass is 79.9. The molecule has 1 aromatic heterocycles. The van der Waals surface area contributed by atoms with Crippen molar-refractivity contribution in [2.45, 2.75) is 12.5 Å². The number of nitrogens with zero attached hydrogens (tertiary/aromatic N) is 3. The van der Waals surface area contributed by atoms with Gasteiger partial charge < -0.3 is 19.8 Å². The molecule has 3 rings (SSSR count). The van der Waals surface area contributed by atoms with Crippen molar-refractivity contribution in [3.05, 3.63) is 34.4 Å². The van der Waals surface area contributed by atoms with Crippen LogP contribution >= 0.6 is 15.9 Å². The molecule has 7 nitrogen and oxygen atoms in total. The average molecular weight is 371 g/mol. The van der Waals surface area contributed by atoms with Crippen LogP contribution < -0.4 is 15.4 Å². The zero-order valence-electron chi connectivity index (χ0n) is 11.3. The third-order valence-electron chi connectivity index (χ3n) is 3.23. The van der Waals surface area contributed by atoms with Gasteiger partial charge in [0.2, 0.25) is 0 Å². The van der Waals surface area contributed by atoms with Gasteiger partial charge in [0.05, 0.1) is 11.0 Å². The van der Waals surface area contributed by atoms with E-state index in [0.29, 0.717) is 29.7 Å². The molecule has 0 radical (unpaired) electrons. The van der Waals surface area contributed by atoms with Crippen molar-refractivity contribution in [3.8, 4) is 5.75 Å². The Kier molecular flexibility index (Phi) is 3.97. The first-order valence-corrected chi connectivity index (χ1v) is 7.32. The quantitative estimate of drug-likeness (QED) is 0.880. The van der Waals surface area contributed by atoms with E-state index in [1.54, 1.807) is 11.0 Å². The zero-order chi connectivity index (χ0) is 15.7. The topological polar surface area (TPSA) is 94.5 Å². The normalized spacial score (nSPS) is 17.7. The van der Waals surface area contributed by atoms with E-state index in [1.165, 1.54) is 12.1 Å². The summed E-state index contributed by atoms with van der Waals surface area (Å²) in [5.74, 6) is -0.923. The van der Waals surface area contributed by atoms with Gasteiger partial charge >= 0.3 is 17.8 Å². The highest BCUT2D eigenvalue weighted by Crippen LogP contribution is 2.29. The predicted octanol–water partition coefficient (Wildman–Crippen LogP) is 1.73. The largest absolute Gasteiger partial charge is 0.487 e. The van der Waals surface area contributed by atoms with Crippen molar-refractivity contribution in [1.82, 2.24) is 10.2 Å². The molecule has 2 heterocycles. The maximum absolute atomic E-state index is 13.3. The molecule has 0 saturated carbocycles. The number of amides is 1. The van der Waals surface area contributed by atoms with Crippen LogP contribution in [0.2, 0.25) is 0 Å². The standard InChI is InChI=1S/C13H12BrFN4O3/c14-9-2-1-7(15)5-10(9)21-8-3-4-19(6-8)13-18-17-12(22-13)11(16)20/h1-2,5,8H,3-4,6H2,(H2,16,20). The van der Waals surface area contributed by atoms with Crippen LogP contribution in [-0.4, -0.2) is 35.3 Å². The van der Waals surface area contributed by atoms with E-state index in [1.807, 2.05) is 0 Å². The minimum Gasteiger partial charge on any atom is -0.487 e. The number of hydrogen-bond donors (Lipinski definition) is 1. The van der Waals surface area contributed by atoms with Crippen LogP contribution in [0.1, 0.15) is 17.1 Å². The van der Waals surface area contributed by atoms with E-state index in [2.05, 4.69) is 26.1 Å². The van der Waals surface area contributed by atoms with Crippen LogP contribution in [0.5, 0.6) is 5.75 Å². The molecular weight excluding hydrogens is 359 g/mol. The number of rotatable bonds is 4. The van der Waals surface area contributed by atoms with E-state index in [9.17, 15) is 9.18 Å². The van der Waals surface area contributed by atoms with E-state index in [4.69, 9.17) is 14.9 Å². The van der Waals surface area contributed by atoms with Crippen LogP contribution in [0, 0.1) is 5.82 Å². The van der Waals surface area contributed by atoms with Crippen LogP contribution in [0.3, 0.4) is 0 Å². The van der Waals surface area contributed by atoms with Crippen LogP contribution in [0.25, 0.3) is 0 Å². The fraction of sp³-hybridized carbons (Fsp3) is 0.308. The predicted molar refractivity (Wildman–Crippen MR) is 78.2 cm³/mol. The lowest BCUT2D eigenvalue weighted by atomic mass is 10.3. The summed E-state index contributed by atoms with van der Waals surface area (Å²) in [6.07, 6.45) is 0.555. The molecule has 1 saturated heterocycles. The maximum atomic E-state index is 13.3. The Morgan fingerprint density at radius 3 is 3.05 bits per heavy atom. The highest BCUT2D eigenvalue weighted by Gasteiger charge is 2.28. The number of aromatic nitrogens is 2. The molecule has 1 unspecified atom stereocenters. The van der Waals surface area contributed by atoms with Gasteiger partial charge in [-0.2, -0.15) is 0 Å². The Hall–Kier alpha value is -2.16. The van der Waals surface area contributed by atoms with Crippen LogP contribution in [-0.2, 0) is 0 Å². The minimum atomic E-state index is -0.769. The van der Waals surface area contributed by atoms with Gasteiger partial charge in [0.25, 0.3) is 0 Å². The molecule has 2 N–H and O–H groups in total. The Bertz CT molecular complexity index is 708. The molecule has 1 aromatic carbocycles. The van der Waals surface area contributed by atoms with Crippen molar-refractivity contribution >= 4 is 27.9 Å². The summed E-state index contributed by atoms with van der Waals surface area (Å²) in [6, 6.07) is 4.49. The van der Waals surface area contributed by atoms with E-state index < -0.39 is 5.91 Å². The first-order chi connectivity index (χ1) is 10.5. The lowest BCUT2D eigenvalue weighted by Gasteiger charge is -2.16. The molecule has 1 atom stereocenters. The van der Waals surface area contributed by atoms with Crippen molar-refractivity contribution in [1.29, 1.82) is 0 Å². The molecule has 1 aliphatic rings. The third-order valence-corrected chi connectivity index (χ3v) is 3.88. The number of carbonyl (C=O) groups excluding carboxylic acids is 1. The van der Waals surface area contributed by atoms with Crippen LogP contribution in [0.15, 0.2) is 27.1 Å². The number of benzene rings is 1. The smallest absolute Gasteiger partial charge is 0.318 e. The summed E-state index contributed by atoms with van der Waals surface area (Å²) in [4.78, 5) is 12.7. The van der Waals surface area contributed by atoms with E-state index in [0.717, 1.165) is 0 Å². The monoisotopic (exact) mass is 370 g/mol. The van der Waals surface area contributed by atoms with Crippen molar-refractivity contribution < 1.29 is 18.3 Å². The SMILES string of the molecule is NC(=O)c1nnc(N2CCC(Oc3cc(F)ccc3Br)C2)o1. The van der Waals surface area contributed by atoms with Gasteiger partial charge in [-0.1, -0.05) is 5.10 Å². The summed E-state index contributed by atoms with van der Waals surface area (Å²) in [5, 5.41) is 7.34. The zero-order valence-corrected chi connectivity index (χ0v) is 12.9.